The van der Waals surface area contributed by atoms with E-state index in [1.54, 1.807) is 47.8 Å². The van der Waals surface area contributed by atoms with Gasteiger partial charge >= 0.3 is 5.97 Å². The number of phenols is 1. The third kappa shape index (κ3) is 6.94. The number of amides is 1. The van der Waals surface area contributed by atoms with E-state index in [-0.39, 0.29) is 16.6 Å². The molecule has 0 radical (unpaired) electrons. The molecular formula is C27H25N3O8S2. The average Bonchev–Trinajstić information content (AvgIpc) is 3.43. The number of thiazole rings is 1. The van der Waals surface area contributed by atoms with Gasteiger partial charge in [-0.25, -0.2) is 22.9 Å². The SMILES string of the molecule is COc1ccc(-c2csc(NC(=O)COC(=O)c3cc(S(=O)(=O)NCc4ccccc4)ccc3O)n2)cc1OC. The van der Waals surface area contributed by atoms with Crippen LogP contribution in [-0.2, 0) is 26.1 Å². The van der Waals surface area contributed by atoms with E-state index < -0.39 is 39.8 Å². The Kier molecular flexibility index (Phi) is 8.99. The number of methoxy groups -OCH3 is 2. The van der Waals surface area contributed by atoms with E-state index in [0.717, 1.165) is 29.3 Å². The van der Waals surface area contributed by atoms with Crippen LogP contribution in [0.5, 0.6) is 17.2 Å². The predicted octanol–water partition coefficient (Wildman–Crippen LogP) is 3.81. The lowest BCUT2D eigenvalue weighted by Crippen LogP contribution is -2.24. The van der Waals surface area contributed by atoms with Crippen LogP contribution < -0.4 is 19.5 Å². The van der Waals surface area contributed by atoms with E-state index in [0.29, 0.717) is 17.2 Å². The number of hydrogen-bond donors (Lipinski definition) is 3. The number of sulfonamides is 1. The number of phenolic OH excluding ortho intramolecular Hbond substituents is 1. The van der Waals surface area contributed by atoms with Crippen LogP contribution in [0.1, 0.15) is 15.9 Å². The number of carbonyl (C=O) groups excluding carboxylic acids is 2. The number of carbonyl (C=O) groups is 2. The summed E-state index contributed by atoms with van der Waals surface area (Å²) in [7, 11) is -0.948. The van der Waals surface area contributed by atoms with Crippen molar-refractivity contribution in [2.45, 2.75) is 11.4 Å². The second-order valence-electron chi connectivity index (χ2n) is 8.22. The monoisotopic (exact) mass is 583 g/mol. The van der Waals surface area contributed by atoms with Crippen LogP contribution in [0.15, 0.2) is 77.0 Å². The maximum absolute atomic E-state index is 12.7. The topological polar surface area (TPSA) is 153 Å². The Labute approximate surface area is 234 Å². The third-order valence-corrected chi connectivity index (χ3v) is 7.73. The Morgan fingerprint density at radius 3 is 2.45 bits per heavy atom. The first-order chi connectivity index (χ1) is 19.2. The van der Waals surface area contributed by atoms with Crippen LogP contribution in [0.2, 0.25) is 0 Å². The normalized spacial score (nSPS) is 11.1. The summed E-state index contributed by atoms with van der Waals surface area (Å²) in [4.78, 5) is 29.1. The molecule has 1 amide bonds. The summed E-state index contributed by atoms with van der Waals surface area (Å²) in [5, 5.41) is 14.7. The maximum Gasteiger partial charge on any atom is 0.342 e. The number of anilines is 1. The Morgan fingerprint density at radius 2 is 1.73 bits per heavy atom. The van der Waals surface area contributed by atoms with Crippen molar-refractivity contribution in [2.24, 2.45) is 0 Å². The molecule has 0 spiro atoms. The number of aromatic nitrogens is 1. The summed E-state index contributed by atoms with van der Waals surface area (Å²) < 4.78 is 43.4. The van der Waals surface area contributed by atoms with Crippen LogP contribution in [0.4, 0.5) is 5.13 Å². The van der Waals surface area contributed by atoms with Crippen molar-refractivity contribution in [3.8, 4) is 28.5 Å². The highest BCUT2D eigenvalue weighted by Crippen LogP contribution is 2.33. The van der Waals surface area contributed by atoms with E-state index in [4.69, 9.17) is 14.2 Å². The molecule has 0 unspecified atom stereocenters. The number of hydrogen-bond acceptors (Lipinski definition) is 10. The fraction of sp³-hybridized carbons (Fsp3) is 0.148. The van der Waals surface area contributed by atoms with Crippen LogP contribution >= 0.6 is 11.3 Å². The van der Waals surface area contributed by atoms with E-state index in [2.05, 4.69) is 15.0 Å². The molecule has 0 fully saturated rings. The molecule has 11 nitrogen and oxygen atoms in total. The number of nitrogens with zero attached hydrogens (tertiary/aromatic N) is 1. The van der Waals surface area contributed by atoms with Gasteiger partial charge in [0.2, 0.25) is 10.0 Å². The highest BCUT2D eigenvalue weighted by molar-refractivity contribution is 7.89. The maximum atomic E-state index is 12.7. The number of esters is 1. The van der Waals surface area contributed by atoms with Gasteiger partial charge in [-0.05, 0) is 42.0 Å². The molecule has 1 heterocycles. The molecule has 1 aromatic heterocycles. The minimum absolute atomic E-state index is 0.0362. The smallest absolute Gasteiger partial charge is 0.342 e. The fourth-order valence-electron chi connectivity index (χ4n) is 3.53. The van der Waals surface area contributed by atoms with Crippen molar-refractivity contribution in [2.75, 3.05) is 26.1 Å². The number of aromatic hydroxyl groups is 1. The predicted molar refractivity (Wildman–Crippen MR) is 148 cm³/mol. The molecule has 208 valence electrons. The molecular weight excluding hydrogens is 558 g/mol. The highest BCUT2D eigenvalue weighted by Gasteiger charge is 2.21. The summed E-state index contributed by atoms with van der Waals surface area (Å²) in [6, 6.07) is 17.4. The molecule has 0 atom stereocenters. The molecule has 0 aliphatic carbocycles. The fourth-order valence-corrected chi connectivity index (χ4v) is 5.31. The summed E-state index contributed by atoms with van der Waals surface area (Å²) in [5.74, 6) is -1.15. The Hall–Kier alpha value is -4.46. The quantitative estimate of drug-likeness (QED) is 0.224. The lowest BCUT2D eigenvalue weighted by Gasteiger charge is -2.10. The van der Waals surface area contributed by atoms with Crippen molar-refractivity contribution >= 4 is 38.4 Å². The summed E-state index contributed by atoms with van der Waals surface area (Å²) >= 11 is 1.17. The van der Waals surface area contributed by atoms with Crippen molar-refractivity contribution in [1.82, 2.24) is 9.71 Å². The number of nitrogens with one attached hydrogen (secondary N) is 2. The molecule has 0 aliphatic rings. The lowest BCUT2D eigenvalue weighted by atomic mass is 10.1. The van der Waals surface area contributed by atoms with E-state index >= 15 is 0 Å². The zero-order valence-electron chi connectivity index (χ0n) is 21.4. The summed E-state index contributed by atoms with van der Waals surface area (Å²) in [6.07, 6.45) is 0. The van der Waals surface area contributed by atoms with Gasteiger partial charge in [-0.15, -0.1) is 11.3 Å². The van der Waals surface area contributed by atoms with Gasteiger partial charge in [0.1, 0.15) is 11.3 Å². The van der Waals surface area contributed by atoms with Gasteiger partial charge in [-0.1, -0.05) is 30.3 Å². The first kappa shape index (κ1) is 28.5. The number of ether oxygens (including phenoxy) is 3. The van der Waals surface area contributed by atoms with Gasteiger partial charge in [0.05, 0.1) is 24.8 Å². The zero-order chi connectivity index (χ0) is 28.7. The molecule has 13 heteroatoms. The molecule has 40 heavy (non-hydrogen) atoms. The molecule has 3 aromatic carbocycles. The third-order valence-electron chi connectivity index (χ3n) is 5.57. The Balaban J connectivity index is 1.36. The second kappa shape index (κ2) is 12.6. The molecule has 4 rings (SSSR count). The molecule has 0 aliphatic heterocycles. The van der Waals surface area contributed by atoms with E-state index in [9.17, 15) is 23.1 Å². The number of benzene rings is 3. The van der Waals surface area contributed by atoms with E-state index in [1.165, 1.54) is 25.6 Å². The van der Waals surface area contributed by atoms with Crippen molar-refractivity contribution in [1.29, 1.82) is 0 Å². The van der Waals surface area contributed by atoms with Gasteiger partial charge < -0.3 is 19.3 Å². The van der Waals surface area contributed by atoms with Crippen molar-refractivity contribution in [3.63, 3.8) is 0 Å². The summed E-state index contributed by atoms with van der Waals surface area (Å²) in [6.45, 7) is -0.652. The summed E-state index contributed by atoms with van der Waals surface area (Å²) in [5.41, 5.74) is 1.67. The van der Waals surface area contributed by atoms with Gasteiger partial charge in [0, 0.05) is 17.5 Å². The van der Waals surface area contributed by atoms with Crippen molar-refractivity contribution in [3.05, 3.63) is 83.2 Å². The lowest BCUT2D eigenvalue weighted by molar-refractivity contribution is -0.119. The highest BCUT2D eigenvalue weighted by atomic mass is 32.2. The standard InChI is InChI=1S/C27H25N3O8S2/c1-36-23-11-8-18(12-24(23)37-2)21-16-39-27(29-21)30-25(32)15-38-26(33)20-13-19(9-10-22(20)31)40(34,35)28-14-17-6-4-3-5-7-17/h3-13,16,28,31H,14-15H2,1-2H3,(H,29,30,32). The molecule has 0 bridgehead atoms. The number of rotatable bonds is 11. The minimum Gasteiger partial charge on any atom is -0.507 e. The Bertz CT molecular complexity index is 1620. The molecule has 4 aromatic rings. The minimum atomic E-state index is -4.00. The largest absolute Gasteiger partial charge is 0.507 e. The molecule has 3 N–H and O–H groups in total. The molecule has 0 saturated heterocycles. The second-order valence-corrected chi connectivity index (χ2v) is 10.8. The molecule has 0 saturated carbocycles. The first-order valence-electron chi connectivity index (χ1n) is 11.7. The zero-order valence-corrected chi connectivity index (χ0v) is 23.0. The van der Waals surface area contributed by atoms with E-state index in [1.807, 2.05) is 6.07 Å². The van der Waals surface area contributed by atoms with Gasteiger partial charge in [0.25, 0.3) is 5.91 Å². The van der Waals surface area contributed by atoms with Crippen LogP contribution in [0.25, 0.3) is 11.3 Å². The van der Waals surface area contributed by atoms with Gasteiger partial charge in [0.15, 0.2) is 23.2 Å². The van der Waals surface area contributed by atoms with Gasteiger partial charge in [-0.3, -0.25) is 10.1 Å². The van der Waals surface area contributed by atoms with Gasteiger partial charge in [-0.2, -0.15) is 0 Å². The average molecular weight is 584 g/mol. The van der Waals surface area contributed by atoms with Crippen molar-refractivity contribution < 1.29 is 37.3 Å². The van der Waals surface area contributed by atoms with Crippen LogP contribution in [0, 0.1) is 0 Å². The van der Waals surface area contributed by atoms with Crippen LogP contribution in [-0.4, -0.2) is 51.2 Å². The first-order valence-corrected chi connectivity index (χ1v) is 14.1. The van der Waals surface area contributed by atoms with Crippen LogP contribution in [0.3, 0.4) is 0 Å². The Morgan fingerprint density at radius 1 is 0.975 bits per heavy atom.